The molecule has 26 heavy (non-hydrogen) atoms. The second-order valence-electron chi connectivity index (χ2n) is 6.84. The number of guanidine groups is 1. The molecule has 1 atom stereocenters. The number of nitrogens with one attached hydrogen (secondary N) is 2. The van der Waals surface area contributed by atoms with Gasteiger partial charge in [0.15, 0.2) is 5.96 Å². The Morgan fingerprint density at radius 1 is 1.42 bits per heavy atom. The van der Waals surface area contributed by atoms with Gasteiger partial charge in [0.05, 0.1) is 17.6 Å². The van der Waals surface area contributed by atoms with Crippen LogP contribution in [0, 0.1) is 16.0 Å². The van der Waals surface area contributed by atoms with Gasteiger partial charge in [0, 0.05) is 51.4 Å². The smallest absolute Gasteiger partial charge is 0.274 e. The number of rotatable bonds is 7. The summed E-state index contributed by atoms with van der Waals surface area (Å²) in [4.78, 5) is 17.3. The summed E-state index contributed by atoms with van der Waals surface area (Å²) in [5.41, 5.74) is 0.730. The number of nitro groups is 1. The van der Waals surface area contributed by atoms with Crippen LogP contribution in [0.5, 0.6) is 0 Å². The highest BCUT2D eigenvalue weighted by Gasteiger charge is 2.21. The average molecular weight is 363 g/mol. The Bertz CT molecular complexity index is 621. The van der Waals surface area contributed by atoms with Crippen molar-refractivity contribution in [1.29, 1.82) is 0 Å². The van der Waals surface area contributed by atoms with Crippen LogP contribution in [0.15, 0.2) is 29.3 Å². The lowest BCUT2D eigenvalue weighted by Gasteiger charge is -2.34. The molecule has 1 aromatic rings. The fraction of sp³-hybridized carbons (Fsp3) is 0.611. The minimum atomic E-state index is -0.369. The standard InChI is InChI=1S/C18H29N5O3/c1-14(2)12-22-8-9-26-16(13-22)11-21-18(19-3)20-10-15-6-4-5-7-17(15)23(24)25/h4-7,14,16H,8-13H2,1-3H3,(H2,19,20,21). The molecule has 0 aromatic heterocycles. The zero-order valence-corrected chi connectivity index (χ0v) is 15.8. The quantitative estimate of drug-likeness (QED) is 0.331. The number of nitrogens with zero attached hydrogens (tertiary/aromatic N) is 3. The molecule has 0 amide bonds. The third kappa shape index (κ3) is 6.27. The van der Waals surface area contributed by atoms with E-state index in [1.54, 1.807) is 25.2 Å². The number of hydrogen-bond donors (Lipinski definition) is 2. The maximum absolute atomic E-state index is 11.1. The first kappa shape index (κ1) is 20.1. The summed E-state index contributed by atoms with van der Waals surface area (Å²) < 4.78 is 5.82. The first-order valence-electron chi connectivity index (χ1n) is 9.00. The molecule has 1 aliphatic heterocycles. The van der Waals surface area contributed by atoms with Crippen molar-refractivity contribution in [3.8, 4) is 0 Å². The average Bonchev–Trinajstić information content (AvgIpc) is 2.62. The van der Waals surface area contributed by atoms with Crippen LogP contribution in [-0.2, 0) is 11.3 Å². The predicted molar refractivity (Wildman–Crippen MR) is 102 cm³/mol. The van der Waals surface area contributed by atoms with Crippen molar-refractivity contribution in [2.24, 2.45) is 10.9 Å². The van der Waals surface area contributed by atoms with E-state index in [2.05, 4.69) is 34.4 Å². The molecule has 1 heterocycles. The molecule has 0 aliphatic carbocycles. The largest absolute Gasteiger partial charge is 0.374 e. The van der Waals surface area contributed by atoms with Crippen LogP contribution in [-0.4, -0.2) is 61.7 Å². The number of morpholine rings is 1. The van der Waals surface area contributed by atoms with Gasteiger partial charge in [0.2, 0.25) is 0 Å². The minimum Gasteiger partial charge on any atom is -0.374 e. The lowest BCUT2D eigenvalue weighted by atomic mass is 10.2. The van der Waals surface area contributed by atoms with Gasteiger partial charge in [-0.05, 0) is 5.92 Å². The highest BCUT2D eigenvalue weighted by atomic mass is 16.6. The number of benzene rings is 1. The summed E-state index contributed by atoms with van der Waals surface area (Å²) in [5.74, 6) is 1.24. The maximum atomic E-state index is 11.1. The van der Waals surface area contributed by atoms with Crippen LogP contribution in [0.3, 0.4) is 0 Å². The number of para-hydroxylation sites is 1. The summed E-state index contributed by atoms with van der Waals surface area (Å²) in [6.07, 6.45) is 0.104. The molecule has 8 heteroatoms. The summed E-state index contributed by atoms with van der Waals surface area (Å²) in [6, 6.07) is 6.70. The molecule has 0 radical (unpaired) electrons. The van der Waals surface area contributed by atoms with Gasteiger partial charge in [-0.1, -0.05) is 32.0 Å². The van der Waals surface area contributed by atoms with Crippen LogP contribution < -0.4 is 10.6 Å². The summed E-state index contributed by atoms with van der Waals surface area (Å²) in [5, 5.41) is 17.5. The Hall–Kier alpha value is -2.19. The van der Waals surface area contributed by atoms with Gasteiger partial charge in [0.1, 0.15) is 0 Å². The zero-order chi connectivity index (χ0) is 18.9. The van der Waals surface area contributed by atoms with Gasteiger partial charge in [-0.25, -0.2) is 0 Å². The molecule has 0 bridgehead atoms. The summed E-state index contributed by atoms with van der Waals surface area (Å²) >= 11 is 0. The fourth-order valence-electron chi connectivity index (χ4n) is 3.03. The molecular formula is C18H29N5O3. The van der Waals surface area contributed by atoms with Gasteiger partial charge in [-0.15, -0.1) is 0 Å². The van der Waals surface area contributed by atoms with Gasteiger partial charge < -0.3 is 15.4 Å². The first-order valence-corrected chi connectivity index (χ1v) is 9.00. The van der Waals surface area contributed by atoms with E-state index in [0.717, 1.165) is 26.2 Å². The van der Waals surface area contributed by atoms with E-state index in [1.165, 1.54) is 6.07 Å². The van der Waals surface area contributed by atoms with Crippen molar-refractivity contribution in [1.82, 2.24) is 15.5 Å². The van der Waals surface area contributed by atoms with E-state index in [0.29, 0.717) is 30.5 Å². The summed E-state index contributed by atoms with van der Waals surface area (Å²) in [7, 11) is 1.68. The van der Waals surface area contributed by atoms with E-state index in [1.807, 2.05) is 0 Å². The highest BCUT2D eigenvalue weighted by Crippen LogP contribution is 2.17. The zero-order valence-electron chi connectivity index (χ0n) is 15.8. The van der Waals surface area contributed by atoms with Crippen molar-refractivity contribution >= 4 is 11.6 Å². The number of ether oxygens (including phenoxy) is 1. The van der Waals surface area contributed by atoms with Gasteiger partial charge in [-0.3, -0.25) is 20.0 Å². The maximum Gasteiger partial charge on any atom is 0.274 e. The van der Waals surface area contributed by atoms with Gasteiger partial charge in [-0.2, -0.15) is 0 Å². The molecule has 2 N–H and O–H groups in total. The number of nitro benzene ring substituents is 1. The second-order valence-corrected chi connectivity index (χ2v) is 6.84. The fourth-order valence-corrected chi connectivity index (χ4v) is 3.03. The first-order chi connectivity index (χ1) is 12.5. The van der Waals surface area contributed by atoms with Crippen molar-refractivity contribution in [2.75, 3.05) is 39.8 Å². The van der Waals surface area contributed by atoms with Crippen LogP contribution in [0.2, 0.25) is 0 Å². The van der Waals surface area contributed by atoms with Crippen molar-refractivity contribution in [3.05, 3.63) is 39.9 Å². The second kappa shape index (κ2) is 10.1. The SMILES string of the molecule is CN=C(NCc1ccccc1[N+](=O)[O-])NCC1CN(CC(C)C)CCO1. The van der Waals surface area contributed by atoms with E-state index in [4.69, 9.17) is 4.74 Å². The van der Waals surface area contributed by atoms with Crippen LogP contribution in [0.25, 0.3) is 0 Å². The third-order valence-electron chi connectivity index (χ3n) is 4.20. The molecule has 8 nitrogen and oxygen atoms in total. The molecule has 1 aromatic carbocycles. The molecule has 1 fully saturated rings. The van der Waals surface area contributed by atoms with Crippen LogP contribution >= 0.6 is 0 Å². The van der Waals surface area contributed by atoms with E-state index in [-0.39, 0.29) is 16.7 Å². The molecular weight excluding hydrogens is 334 g/mol. The lowest BCUT2D eigenvalue weighted by molar-refractivity contribution is -0.385. The van der Waals surface area contributed by atoms with Crippen molar-refractivity contribution in [2.45, 2.75) is 26.5 Å². The molecule has 0 spiro atoms. The topological polar surface area (TPSA) is 92.0 Å². The van der Waals surface area contributed by atoms with Crippen LogP contribution in [0.4, 0.5) is 5.69 Å². The monoisotopic (exact) mass is 363 g/mol. The van der Waals surface area contributed by atoms with E-state index < -0.39 is 0 Å². The van der Waals surface area contributed by atoms with Gasteiger partial charge in [0.25, 0.3) is 5.69 Å². The number of hydrogen-bond acceptors (Lipinski definition) is 5. The van der Waals surface area contributed by atoms with Gasteiger partial charge >= 0.3 is 0 Å². The molecule has 2 rings (SSSR count). The summed E-state index contributed by atoms with van der Waals surface area (Å²) in [6.45, 7) is 9.10. The third-order valence-corrected chi connectivity index (χ3v) is 4.20. The molecule has 144 valence electrons. The predicted octanol–water partition coefficient (Wildman–Crippen LogP) is 1.62. The molecule has 0 saturated carbocycles. The Balaban J connectivity index is 1.82. The normalized spacial score (nSPS) is 18.8. The minimum absolute atomic E-state index is 0.104. The van der Waals surface area contributed by atoms with E-state index in [9.17, 15) is 10.1 Å². The number of aliphatic imine (C=N–C) groups is 1. The Kier molecular flexibility index (Phi) is 7.80. The van der Waals surface area contributed by atoms with Crippen molar-refractivity contribution in [3.63, 3.8) is 0 Å². The Morgan fingerprint density at radius 2 is 2.19 bits per heavy atom. The van der Waals surface area contributed by atoms with E-state index >= 15 is 0 Å². The lowest BCUT2D eigenvalue weighted by Crippen LogP contribution is -2.50. The molecule has 1 unspecified atom stereocenters. The van der Waals surface area contributed by atoms with Crippen molar-refractivity contribution < 1.29 is 9.66 Å². The molecule has 1 aliphatic rings. The molecule has 1 saturated heterocycles. The highest BCUT2D eigenvalue weighted by molar-refractivity contribution is 5.79. The Labute approximate surface area is 154 Å². The Morgan fingerprint density at radius 3 is 2.88 bits per heavy atom. The van der Waals surface area contributed by atoms with Crippen LogP contribution in [0.1, 0.15) is 19.4 Å².